The van der Waals surface area contributed by atoms with Crippen LogP contribution in [0, 0.1) is 5.41 Å². The summed E-state index contributed by atoms with van der Waals surface area (Å²) in [4.78, 5) is 11.6. The standard InChI is InChI=1S/C9H16N2OS/c1-9(2)3-7(9)11-8(12)6-4-13-5-10-6/h6-7,10H,3-5H2,1-2H3,(H,11,12). The van der Waals surface area contributed by atoms with Gasteiger partial charge in [-0.15, -0.1) is 11.8 Å². The van der Waals surface area contributed by atoms with Gasteiger partial charge in [0.15, 0.2) is 0 Å². The SMILES string of the molecule is CC1(C)CC1NC(=O)C1CSCN1. The van der Waals surface area contributed by atoms with Crippen molar-refractivity contribution < 1.29 is 4.79 Å². The molecule has 2 atom stereocenters. The van der Waals surface area contributed by atoms with Crippen molar-refractivity contribution >= 4 is 17.7 Å². The zero-order valence-corrected chi connectivity index (χ0v) is 8.91. The Morgan fingerprint density at radius 1 is 1.62 bits per heavy atom. The summed E-state index contributed by atoms with van der Waals surface area (Å²) in [6.07, 6.45) is 1.12. The molecule has 2 unspecified atom stereocenters. The zero-order chi connectivity index (χ0) is 9.47. The Labute approximate surface area is 83.0 Å². The van der Waals surface area contributed by atoms with Crippen molar-refractivity contribution in [3.8, 4) is 0 Å². The molecule has 3 nitrogen and oxygen atoms in total. The molecule has 0 spiro atoms. The summed E-state index contributed by atoms with van der Waals surface area (Å²) in [5.41, 5.74) is 0.335. The van der Waals surface area contributed by atoms with Crippen molar-refractivity contribution in [1.82, 2.24) is 10.6 Å². The molecule has 1 saturated carbocycles. The van der Waals surface area contributed by atoms with Gasteiger partial charge in [-0.2, -0.15) is 0 Å². The first-order valence-corrected chi connectivity index (χ1v) is 5.86. The van der Waals surface area contributed by atoms with Crippen LogP contribution in [-0.4, -0.2) is 29.6 Å². The maximum atomic E-state index is 11.6. The first-order chi connectivity index (χ1) is 6.09. The quantitative estimate of drug-likeness (QED) is 0.684. The van der Waals surface area contributed by atoms with Gasteiger partial charge in [-0.3, -0.25) is 10.1 Å². The van der Waals surface area contributed by atoms with Crippen LogP contribution in [0.15, 0.2) is 0 Å². The first kappa shape index (κ1) is 9.34. The summed E-state index contributed by atoms with van der Waals surface area (Å²) in [6, 6.07) is 0.453. The van der Waals surface area contributed by atoms with Crippen LogP contribution in [0.5, 0.6) is 0 Å². The molecular weight excluding hydrogens is 184 g/mol. The highest BCUT2D eigenvalue weighted by molar-refractivity contribution is 7.99. The van der Waals surface area contributed by atoms with Gasteiger partial charge >= 0.3 is 0 Å². The Bertz CT molecular complexity index is 224. The topological polar surface area (TPSA) is 41.1 Å². The van der Waals surface area contributed by atoms with E-state index in [0.717, 1.165) is 18.1 Å². The van der Waals surface area contributed by atoms with Crippen molar-refractivity contribution in [2.45, 2.75) is 32.4 Å². The summed E-state index contributed by atoms with van der Waals surface area (Å²) in [6.45, 7) is 4.38. The molecule has 0 bridgehead atoms. The largest absolute Gasteiger partial charge is 0.351 e. The molecule has 4 heteroatoms. The number of hydrogen-bond acceptors (Lipinski definition) is 3. The van der Waals surface area contributed by atoms with Crippen molar-refractivity contribution in [2.75, 3.05) is 11.6 Å². The smallest absolute Gasteiger partial charge is 0.238 e. The van der Waals surface area contributed by atoms with Crippen molar-refractivity contribution in [1.29, 1.82) is 0 Å². The molecule has 1 aliphatic carbocycles. The molecule has 1 saturated heterocycles. The lowest BCUT2D eigenvalue weighted by Crippen LogP contribution is -2.43. The summed E-state index contributed by atoms with van der Waals surface area (Å²) in [5, 5.41) is 6.24. The van der Waals surface area contributed by atoms with Gasteiger partial charge in [-0.1, -0.05) is 13.8 Å². The number of amides is 1. The Hall–Kier alpha value is -0.220. The minimum absolute atomic E-state index is 0.0430. The molecular formula is C9H16N2OS. The van der Waals surface area contributed by atoms with E-state index in [0.29, 0.717) is 11.5 Å². The van der Waals surface area contributed by atoms with Crippen LogP contribution in [-0.2, 0) is 4.79 Å². The summed E-state index contributed by atoms with van der Waals surface area (Å²) in [5.74, 6) is 2.01. The van der Waals surface area contributed by atoms with Gasteiger partial charge in [0, 0.05) is 17.7 Å². The fourth-order valence-electron chi connectivity index (χ4n) is 1.55. The fourth-order valence-corrected chi connectivity index (χ4v) is 2.49. The molecule has 2 rings (SSSR count). The van der Waals surface area contributed by atoms with Crippen LogP contribution in [0.2, 0.25) is 0 Å². The lowest BCUT2D eigenvalue weighted by atomic mass is 10.2. The molecule has 2 aliphatic rings. The molecule has 74 valence electrons. The Morgan fingerprint density at radius 3 is 2.77 bits per heavy atom. The average molecular weight is 200 g/mol. The van der Waals surface area contributed by atoms with Gasteiger partial charge in [-0.25, -0.2) is 0 Å². The predicted octanol–water partition coefficient (Wildman–Crippen LogP) is 0.564. The molecule has 13 heavy (non-hydrogen) atoms. The maximum Gasteiger partial charge on any atom is 0.238 e. The minimum atomic E-state index is 0.0430. The van der Waals surface area contributed by atoms with E-state index in [9.17, 15) is 4.79 Å². The molecule has 1 amide bonds. The van der Waals surface area contributed by atoms with Crippen LogP contribution in [0.4, 0.5) is 0 Å². The normalized spacial score (nSPS) is 35.8. The molecule has 1 aliphatic heterocycles. The molecule has 1 heterocycles. The number of carbonyl (C=O) groups excluding carboxylic acids is 1. The molecule has 0 aromatic rings. The van der Waals surface area contributed by atoms with E-state index >= 15 is 0 Å². The van der Waals surface area contributed by atoms with Gasteiger partial charge in [0.05, 0.1) is 6.04 Å². The van der Waals surface area contributed by atoms with Gasteiger partial charge in [-0.05, 0) is 11.8 Å². The third-order valence-electron chi connectivity index (χ3n) is 2.86. The number of hydrogen-bond donors (Lipinski definition) is 2. The molecule has 0 aromatic heterocycles. The lowest BCUT2D eigenvalue weighted by Gasteiger charge is -2.11. The Morgan fingerprint density at radius 2 is 2.31 bits per heavy atom. The highest BCUT2D eigenvalue weighted by Gasteiger charge is 2.47. The number of thioether (sulfide) groups is 1. The third kappa shape index (κ3) is 1.99. The summed E-state index contributed by atoms with van der Waals surface area (Å²) < 4.78 is 0. The van der Waals surface area contributed by atoms with Crippen LogP contribution in [0.25, 0.3) is 0 Å². The second-order valence-electron chi connectivity index (χ2n) is 4.53. The van der Waals surface area contributed by atoms with Gasteiger partial charge < -0.3 is 5.32 Å². The zero-order valence-electron chi connectivity index (χ0n) is 8.09. The van der Waals surface area contributed by atoms with E-state index in [1.807, 2.05) is 0 Å². The van der Waals surface area contributed by atoms with Gasteiger partial charge in [0.1, 0.15) is 0 Å². The predicted molar refractivity (Wildman–Crippen MR) is 54.6 cm³/mol. The van der Waals surface area contributed by atoms with Crippen LogP contribution in [0.1, 0.15) is 20.3 Å². The number of carbonyl (C=O) groups is 1. The maximum absolute atomic E-state index is 11.6. The first-order valence-electron chi connectivity index (χ1n) is 4.71. The van der Waals surface area contributed by atoms with Crippen LogP contribution in [0.3, 0.4) is 0 Å². The molecule has 0 aromatic carbocycles. The van der Waals surface area contributed by atoms with Crippen molar-refractivity contribution in [3.05, 3.63) is 0 Å². The number of nitrogens with one attached hydrogen (secondary N) is 2. The van der Waals surface area contributed by atoms with Crippen LogP contribution >= 0.6 is 11.8 Å². The highest BCUT2D eigenvalue weighted by atomic mass is 32.2. The van der Waals surface area contributed by atoms with Gasteiger partial charge in [0.2, 0.25) is 5.91 Å². The Balaban J connectivity index is 1.79. The lowest BCUT2D eigenvalue weighted by molar-refractivity contribution is -0.122. The summed E-state index contributed by atoms with van der Waals surface area (Å²) >= 11 is 1.79. The van der Waals surface area contributed by atoms with Crippen LogP contribution < -0.4 is 10.6 Å². The highest BCUT2D eigenvalue weighted by Crippen LogP contribution is 2.44. The second kappa shape index (κ2) is 3.17. The fraction of sp³-hybridized carbons (Fsp3) is 0.889. The van der Waals surface area contributed by atoms with Gasteiger partial charge in [0.25, 0.3) is 0 Å². The van der Waals surface area contributed by atoms with Crippen molar-refractivity contribution in [2.24, 2.45) is 5.41 Å². The second-order valence-corrected chi connectivity index (χ2v) is 5.56. The Kier molecular flexibility index (Phi) is 2.28. The van der Waals surface area contributed by atoms with Crippen molar-refractivity contribution in [3.63, 3.8) is 0 Å². The molecule has 2 fully saturated rings. The number of rotatable bonds is 2. The van der Waals surface area contributed by atoms with E-state index in [-0.39, 0.29) is 11.9 Å². The average Bonchev–Trinajstić information content (AvgIpc) is 2.58. The van der Waals surface area contributed by atoms with E-state index in [1.165, 1.54) is 0 Å². The monoisotopic (exact) mass is 200 g/mol. The van der Waals surface area contributed by atoms with E-state index in [2.05, 4.69) is 24.5 Å². The van der Waals surface area contributed by atoms with E-state index in [4.69, 9.17) is 0 Å². The summed E-state index contributed by atoms with van der Waals surface area (Å²) in [7, 11) is 0. The molecule has 2 N–H and O–H groups in total. The minimum Gasteiger partial charge on any atom is -0.351 e. The van der Waals surface area contributed by atoms with E-state index < -0.39 is 0 Å². The van der Waals surface area contributed by atoms with E-state index in [1.54, 1.807) is 11.8 Å². The molecule has 0 radical (unpaired) electrons. The third-order valence-corrected chi connectivity index (χ3v) is 3.80.